The lowest BCUT2D eigenvalue weighted by atomic mass is 9.49. The molecule has 6 rings (SSSR count). The summed E-state index contributed by atoms with van der Waals surface area (Å²) in [5, 5.41) is 14.5. The molecule has 0 amide bonds. The van der Waals surface area contributed by atoms with Crippen molar-refractivity contribution in [2.75, 3.05) is 6.61 Å². The Labute approximate surface area is 205 Å². The topological polar surface area (TPSA) is 115 Å². The summed E-state index contributed by atoms with van der Waals surface area (Å²) in [7, 11) is -6.38. The number of aromatic nitrogens is 1. The first-order valence-corrected chi connectivity index (χ1v) is 13.7. The van der Waals surface area contributed by atoms with Crippen LogP contribution in [0.4, 0.5) is 17.6 Å². The molecular formula is C23H29F4NO7S. The summed E-state index contributed by atoms with van der Waals surface area (Å²) in [6.45, 7) is -1.09. The lowest BCUT2D eigenvalue weighted by Crippen LogP contribution is -2.52. The molecule has 0 radical (unpaired) electrons. The third-order valence-corrected chi connectivity index (χ3v) is 9.70. The van der Waals surface area contributed by atoms with E-state index < -0.39 is 57.5 Å². The molecule has 0 atom stereocenters. The van der Waals surface area contributed by atoms with Gasteiger partial charge in [-0.05, 0) is 82.0 Å². The van der Waals surface area contributed by atoms with E-state index in [1.54, 1.807) is 0 Å². The number of alkyl halides is 4. The van der Waals surface area contributed by atoms with Gasteiger partial charge in [0.15, 0.2) is 0 Å². The van der Waals surface area contributed by atoms with Crippen LogP contribution in [-0.2, 0) is 32.5 Å². The molecule has 4 bridgehead atoms. The van der Waals surface area contributed by atoms with Gasteiger partial charge in [-0.3, -0.25) is 9.08 Å². The highest BCUT2D eigenvalue weighted by Crippen LogP contribution is 2.60. The quantitative estimate of drug-likeness (QED) is 0.380. The first-order chi connectivity index (χ1) is 16.8. The van der Waals surface area contributed by atoms with Crippen LogP contribution in [0.15, 0.2) is 0 Å². The molecule has 13 heteroatoms. The normalized spacial score (nSPS) is 29.7. The standard InChI is InChI=1S/C23H29F4NO7S/c24-22(25,5-6-34-20(31)21-10-13-7-14(11-21)9-15(8-13)12-21)23(26,27)36(32,33)35-28-18(29)16-3-1-2-4-17(16)19(28)30/h13-15,29-30H,1-12H2. The van der Waals surface area contributed by atoms with Gasteiger partial charge in [0.2, 0.25) is 11.8 Å². The maximum atomic E-state index is 14.6. The molecular weight excluding hydrogens is 510 g/mol. The summed E-state index contributed by atoms with van der Waals surface area (Å²) >= 11 is 0. The summed E-state index contributed by atoms with van der Waals surface area (Å²) in [6.07, 6.45) is 4.78. The van der Waals surface area contributed by atoms with Crippen LogP contribution in [0.2, 0.25) is 0 Å². The number of carbonyl (C=O) groups is 1. The van der Waals surface area contributed by atoms with Gasteiger partial charge in [0.25, 0.3) is 0 Å². The van der Waals surface area contributed by atoms with Gasteiger partial charge in [-0.25, -0.2) is 0 Å². The first-order valence-electron chi connectivity index (χ1n) is 12.3. The largest absolute Gasteiger partial charge is 0.492 e. The third-order valence-electron chi connectivity index (χ3n) is 8.43. The third kappa shape index (κ3) is 3.92. The number of esters is 1. The van der Waals surface area contributed by atoms with E-state index in [0.29, 0.717) is 49.9 Å². The number of halogens is 4. The highest BCUT2D eigenvalue weighted by atomic mass is 32.2. The van der Waals surface area contributed by atoms with Crippen molar-refractivity contribution in [1.29, 1.82) is 0 Å². The van der Waals surface area contributed by atoms with E-state index in [2.05, 4.69) is 4.28 Å². The molecule has 4 saturated carbocycles. The average Bonchev–Trinajstić information content (AvgIpc) is 3.02. The molecule has 2 N–H and O–H groups in total. The monoisotopic (exact) mass is 539 g/mol. The van der Waals surface area contributed by atoms with Gasteiger partial charge in [0.1, 0.15) is 0 Å². The van der Waals surface area contributed by atoms with E-state index >= 15 is 0 Å². The van der Waals surface area contributed by atoms with E-state index in [1.165, 1.54) is 0 Å². The second-order valence-electron chi connectivity index (χ2n) is 10.9. The van der Waals surface area contributed by atoms with Crippen molar-refractivity contribution >= 4 is 16.1 Å². The molecule has 202 valence electrons. The maximum Gasteiger partial charge on any atom is 0.444 e. The van der Waals surface area contributed by atoms with Gasteiger partial charge in [0.05, 0.1) is 18.4 Å². The molecule has 1 aromatic heterocycles. The second-order valence-corrected chi connectivity index (χ2v) is 12.5. The van der Waals surface area contributed by atoms with Gasteiger partial charge in [-0.2, -0.15) is 26.0 Å². The number of ether oxygens (including phenoxy) is 1. The van der Waals surface area contributed by atoms with E-state index in [1.807, 2.05) is 0 Å². The summed E-state index contributed by atoms with van der Waals surface area (Å²) in [6, 6.07) is 0. The lowest BCUT2D eigenvalue weighted by molar-refractivity contribution is -0.186. The molecule has 0 aromatic carbocycles. The highest BCUT2D eigenvalue weighted by Gasteiger charge is 2.68. The van der Waals surface area contributed by atoms with Crippen LogP contribution in [-0.4, -0.2) is 47.1 Å². The summed E-state index contributed by atoms with van der Waals surface area (Å²) in [5.74, 6) is -6.58. The molecule has 5 aliphatic carbocycles. The van der Waals surface area contributed by atoms with E-state index in [9.17, 15) is 41.0 Å². The number of rotatable bonds is 8. The van der Waals surface area contributed by atoms with E-state index in [-0.39, 0.29) is 28.7 Å². The molecule has 0 spiro atoms. The van der Waals surface area contributed by atoms with Crippen molar-refractivity contribution in [3.8, 4) is 11.8 Å². The predicted octanol–water partition coefficient (Wildman–Crippen LogP) is 3.91. The zero-order valence-corrected chi connectivity index (χ0v) is 20.3. The fourth-order valence-electron chi connectivity index (χ4n) is 7.07. The predicted molar refractivity (Wildman–Crippen MR) is 116 cm³/mol. The van der Waals surface area contributed by atoms with Gasteiger partial charge in [-0.15, -0.1) is 0 Å². The number of carbonyl (C=O) groups excluding carboxylic acids is 1. The molecule has 0 aliphatic heterocycles. The lowest BCUT2D eigenvalue weighted by Gasteiger charge is -2.55. The van der Waals surface area contributed by atoms with E-state index in [4.69, 9.17) is 4.74 Å². The fourth-order valence-corrected chi connectivity index (χ4v) is 7.97. The minimum Gasteiger partial charge on any atom is -0.492 e. The SMILES string of the molecule is O=C(OCCC(F)(F)C(F)(F)S(=O)(=O)On1c(O)c2c(c1O)CCCC2)C12CC3CC(CC(C3)C1)C2. The Hall–Kier alpha value is -2.18. The highest BCUT2D eigenvalue weighted by molar-refractivity contribution is 7.88. The number of fused-ring (bicyclic) bond motifs is 1. The van der Waals surface area contributed by atoms with Gasteiger partial charge < -0.3 is 14.9 Å². The molecule has 4 fully saturated rings. The van der Waals surface area contributed by atoms with Crippen molar-refractivity contribution in [3.63, 3.8) is 0 Å². The van der Waals surface area contributed by atoms with Crippen LogP contribution in [0, 0.1) is 23.2 Å². The smallest absolute Gasteiger partial charge is 0.444 e. The summed E-state index contributed by atoms with van der Waals surface area (Å²) in [5.41, 5.74) is -0.550. The van der Waals surface area contributed by atoms with Crippen LogP contribution in [0.25, 0.3) is 0 Å². The Balaban J connectivity index is 1.25. The molecule has 1 heterocycles. The minimum absolute atomic E-state index is 0.112. The number of hydrogen-bond donors (Lipinski definition) is 2. The summed E-state index contributed by atoms with van der Waals surface area (Å²) in [4.78, 5) is 12.8. The fraction of sp³-hybridized carbons (Fsp3) is 0.783. The van der Waals surface area contributed by atoms with Crippen LogP contribution < -0.4 is 4.28 Å². The molecule has 0 saturated heterocycles. The van der Waals surface area contributed by atoms with Crippen molar-refractivity contribution in [1.82, 2.24) is 4.73 Å². The zero-order chi connectivity index (χ0) is 26.1. The molecule has 36 heavy (non-hydrogen) atoms. The van der Waals surface area contributed by atoms with E-state index in [0.717, 1.165) is 19.3 Å². The van der Waals surface area contributed by atoms with Crippen molar-refractivity contribution in [2.24, 2.45) is 23.2 Å². The Morgan fingerprint density at radius 2 is 1.42 bits per heavy atom. The minimum atomic E-state index is -6.38. The van der Waals surface area contributed by atoms with Gasteiger partial charge >= 0.3 is 27.3 Å². The number of aromatic hydroxyl groups is 2. The van der Waals surface area contributed by atoms with Gasteiger partial charge in [0, 0.05) is 11.1 Å². The van der Waals surface area contributed by atoms with Crippen LogP contribution in [0.3, 0.4) is 0 Å². The van der Waals surface area contributed by atoms with Crippen LogP contribution >= 0.6 is 0 Å². The second kappa shape index (κ2) is 8.42. The Bertz CT molecular complexity index is 1100. The number of nitrogens with zero attached hydrogens (tertiary/aromatic N) is 1. The zero-order valence-electron chi connectivity index (χ0n) is 19.5. The van der Waals surface area contributed by atoms with Gasteiger partial charge in [-0.1, -0.05) is 4.73 Å². The Kier molecular flexibility index (Phi) is 5.96. The first kappa shape index (κ1) is 25.5. The van der Waals surface area contributed by atoms with Crippen LogP contribution in [0.1, 0.15) is 68.9 Å². The molecule has 1 aromatic rings. The molecule has 0 unspecified atom stereocenters. The summed E-state index contributed by atoms with van der Waals surface area (Å²) < 4.78 is 91.5. The molecule has 5 aliphatic rings. The Morgan fingerprint density at radius 3 is 1.89 bits per heavy atom. The Morgan fingerprint density at radius 1 is 0.944 bits per heavy atom. The molecule has 8 nitrogen and oxygen atoms in total. The van der Waals surface area contributed by atoms with Crippen molar-refractivity contribution in [2.45, 2.75) is 81.8 Å². The van der Waals surface area contributed by atoms with Crippen molar-refractivity contribution in [3.05, 3.63) is 11.1 Å². The number of hydrogen-bond acceptors (Lipinski definition) is 7. The average molecular weight is 540 g/mol. The maximum absolute atomic E-state index is 14.6. The van der Waals surface area contributed by atoms with Crippen LogP contribution in [0.5, 0.6) is 11.8 Å². The van der Waals surface area contributed by atoms with Crippen molar-refractivity contribution < 1.29 is 50.0 Å².